The third kappa shape index (κ3) is 12.3. The molecule has 296 valence electrons. The number of rotatable bonds is 20. The zero-order valence-electron chi connectivity index (χ0n) is 32.8. The molecule has 0 spiro atoms. The standard InChI is InChI=1S/C40H53FIN5O5SSi2/c1-8-30-24-37(52-28-51-21-23-55(5,6)7)34(41)25-33(30)35-26-36-38(39(42)45-47(36)27-50-20-22-54(2,3)4)40(44-35)43-19-18-29-14-16-31(17-15-29)46-53(48,49)32-12-10-9-11-13-32/h9-17,24-26,46H,8,18-23,27-28H2,1-7H3,(H,43,44). The highest BCUT2D eigenvalue weighted by Gasteiger charge is 2.21. The molecule has 2 N–H and O–H groups in total. The first-order valence-electron chi connectivity index (χ1n) is 18.6. The number of pyridine rings is 1. The number of hydrogen-bond donors (Lipinski definition) is 2. The predicted octanol–water partition coefficient (Wildman–Crippen LogP) is 9.86. The Labute approximate surface area is 340 Å². The van der Waals surface area contributed by atoms with Crippen LogP contribution >= 0.6 is 22.6 Å². The van der Waals surface area contributed by atoms with Crippen LogP contribution in [0.4, 0.5) is 15.9 Å². The number of ether oxygens (including phenoxy) is 3. The minimum Gasteiger partial charge on any atom is -0.464 e. The van der Waals surface area contributed by atoms with Gasteiger partial charge in [-0.15, -0.1) is 0 Å². The van der Waals surface area contributed by atoms with Crippen LogP contribution in [-0.2, 0) is 39.1 Å². The van der Waals surface area contributed by atoms with Crippen molar-refractivity contribution in [2.45, 2.75) is 82.8 Å². The fourth-order valence-electron chi connectivity index (χ4n) is 5.70. The van der Waals surface area contributed by atoms with Gasteiger partial charge in [0, 0.05) is 47.2 Å². The maximum absolute atomic E-state index is 15.7. The summed E-state index contributed by atoms with van der Waals surface area (Å²) in [5, 5.41) is 9.22. The van der Waals surface area contributed by atoms with Crippen molar-refractivity contribution in [3.63, 3.8) is 0 Å². The number of sulfonamides is 1. The Hall–Kier alpha value is -3.36. The van der Waals surface area contributed by atoms with Crippen LogP contribution in [0.1, 0.15) is 18.1 Å². The second-order valence-electron chi connectivity index (χ2n) is 16.0. The van der Waals surface area contributed by atoms with Crippen LogP contribution in [-0.4, -0.2) is 65.9 Å². The van der Waals surface area contributed by atoms with Gasteiger partial charge in [-0.05, 0) is 101 Å². The van der Waals surface area contributed by atoms with Crippen LogP contribution in [0.3, 0.4) is 0 Å². The Bertz CT molecular complexity index is 2160. The van der Waals surface area contributed by atoms with E-state index >= 15 is 4.39 Å². The Morgan fingerprint density at radius 2 is 1.56 bits per heavy atom. The van der Waals surface area contributed by atoms with Crippen molar-refractivity contribution in [3.05, 3.63) is 93.4 Å². The molecule has 0 radical (unpaired) electrons. The van der Waals surface area contributed by atoms with Gasteiger partial charge in [0.15, 0.2) is 18.4 Å². The van der Waals surface area contributed by atoms with E-state index in [0.717, 1.165) is 37.8 Å². The molecule has 0 fully saturated rings. The van der Waals surface area contributed by atoms with Gasteiger partial charge in [0.1, 0.15) is 16.2 Å². The number of fused-ring (bicyclic) bond motifs is 1. The van der Waals surface area contributed by atoms with E-state index in [1.807, 2.05) is 29.8 Å². The number of aryl methyl sites for hydroxylation is 1. The first-order valence-corrected chi connectivity index (χ1v) is 28.6. The highest BCUT2D eigenvalue weighted by atomic mass is 127. The predicted molar refractivity (Wildman–Crippen MR) is 235 cm³/mol. The van der Waals surface area contributed by atoms with Crippen LogP contribution in [0.5, 0.6) is 5.75 Å². The summed E-state index contributed by atoms with van der Waals surface area (Å²) in [6, 6.07) is 22.9. The minimum atomic E-state index is -3.69. The molecule has 5 aromatic rings. The van der Waals surface area contributed by atoms with E-state index in [1.165, 1.54) is 6.07 Å². The quantitative estimate of drug-likeness (QED) is 0.0343. The van der Waals surface area contributed by atoms with Crippen molar-refractivity contribution in [1.29, 1.82) is 0 Å². The average molecular weight is 918 g/mol. The molecule has 55 heavy (non-hydrogen) atoms. The lowest BCUT2D eigenvalue weighted by Crippen LogP contribution is -2.22. The highest BCUT2D eigenvalue weighted by Crippen LogP contribution is 2.35. The summed E-state index contributed by atoms with van der Waals surface area (Å²) in [4.78, 5) is 5.27. The molecule has 0 bridgehead atoms. The molecule has 3 aromatic carbocycles. The molecule has 0 aliphatic rings. The molecule has 2 heterocycles. The van der Waals surface area contributed by atoms with Crippen molar-refractivity contribution < 1.29 is 27.0 Å². The molecule has 0 saturated carbocycles. The van der Waals surface area contributed by atoms with Gasteiger partial charge in [-0.2, -0.15) is 5.10 Å². The van der Waals surface area contributed by atoms with Crippen LogP contribution in [0.2, 0.25) is 51.4 Å². The van der Waals surface area contributed by atoms with E-state index in [-0.39, 0.29) is 24.2 Å². The summed E-state index contributed by atoms with van der Waals surface area (Å²) in [5.74, 6) is 0.308. The van der Waals surface area contributed by atoms with Gasteiger partial charge in [0.05, 0.1) is 21.5 Å². The number of nitrogens with zero attached hydrogens (tertiary/aromatic N) is 3. The van der Waals surface area contributed by atoms with Crippen molar-refractivity contribution in [2.24, 2.45) is 0 Å². The highest BCUT2D eigenvalue weighted by molar-refractivity contribution is 14.1. The monoisotopic (exact) mass is 917 g/mol. The minimum absolute atomic E-state index is 0.0104. The van der Waals surface area contributed by atoms with Crippen LogP contribution in [0.25, 0.3) is 22.2 Å². The Morgan fingerprint density at radius 1 is 0.891 bits per heavy atom. The largest absolute Gasteiger partial charge is 0.464 e. The Kier molecular flexibility index (Phi) is 14.6. The average Bonchev–Trinajstić information content (AvgIpc) is 3.45. The molecule has 0 amide bonds. The van der Waals surface area contributed by atoms with E-state index in [2.05, 4.69) is 71.9 Å². The zero-order valence-corrected chi connectivity index (χ0v) is 37.8. The first kappa shape index (κ1) is 42.8. The third-order valence-electron chi connectivity index (χ3n) is 8.98. The molecular weight excluding hydrogens is 865 g/mol. The molecule has 15 heteroatoms. The second-order valence-corrected chi connectivity index (χ2v) is 29.9. The summed E-state index contributed by atoms with van der Waals surface area (Å²) in [7, 11) is -6.21. The number of hydrogen-bond acceptors (Lipinski definition) is 8. The second kappa shape index (κ2) is 18.7. The van der Waals surface area contributed by atoms with Crippen LogP contribution < -0.4 is 14.8 Å². The first-order chi connectivity index (χ1) is 26.0. The Balaban J connectivity index is 1.38. The molecule has 5 rings (SSSR count). The smallest absolute Gasteiger partial charge is 0.261 e. The maximum Gasteiger partial charge on any atom is 0.261 e. The molecular formula is C40H53FIN5O5SSi2. The van der Waals surface area contributed by atoms with Crippen LogP contribution in [0, 0.1) is 9.52 Å². The van der Waals surface area contributed by atoms with Gasteiger partial charge in [-0.3, -0.25) is 4.72 Å². The van der Waals surface area contributed by atoms with E-state index in [4.69, 9.17) is 24.3 Å². The third-order valence-corrected chi connectivity index (χ3v) is 14.5. The van der Waals surface area contributed by atoms with Crippen LogP contribution in [0.15, 0.2) is 77.7 Å². The zero-order chi connectivity index (χ0) is 39.8. The summed E-state index contributed by atoms with van der Waals surface area (Å²) in [6.45, 7) is 17.9. The fraction of sp³-hybridized carbons (Fsp3) is 0.400. The normalized spacial score (nSPS) is 12.3. The number of benzene rings is 3. The fourth-order valence-corrected chi connectivity index (χ4v) is 9.09. The summed E-state index contributed by atoms with van der Waals surface area (Å²) < 4.78 is 64.1. The summed E-state index contributed by atoms with van der Waals surface area (Å²) >= 11 is 2.23. The summed E-state index contributed by atoms with van der Waals surface area (Å²) in [6.07, 6.45) is 1.28. The van der Waals surface area contributed by atoms with Crippen molar-refractivity contribution in [2.75, 3.05) is 36.6 Å². The molecule has 2 aromatic heterocycles. The van der Waals surface area contributed by atoms with Gasteiger partial charge >= 0.3 is 0 Å². The summed E-state index contributed by atoms with van der Waals surface area (Å²) in [5.41, 5.74) is 4.51. The van der Waals surface area contributed by atoms with E-state index in [1.54, 1.807) is 48.5 Å². The molecule has 0 atom stereocenters. The Morgan fingerprint density at radius 3 is 2.22 bits per heavy atom. The number of anilines is 2. The SMILES string of the molecule is CCc1cc(OCOCC[Si](C)(C)C)c(F)cc1-c1cc2c(c(I)nn2COCC[Si](C)(C)C)c(NCCc2ccc(NS(=O)(=O)c3ccccc3)cc2)n1. The van der Waals surface area contributed by atoms with E-state index in [0.29, 0.717) is 55.4 Å². The van der Waals surface area contributed by atoms with E-state index < -0.39 is 32.0 Å². The molecule has 0 unspecified atom stereocenters. The lowest BCUT2D eigenvalue weighted by Gasteiger charge is -2.17. The van der Waals surface area contributed by atoms with E-state index in [9.17, 15) is 8.42 Å². The lowest BCUT2D eigenvalue weighted by atomic mass is 10.0. The number of nitrogens with one attached hydrogen (secondary N) is 2. The number of aromatic nitrogens is 3. The van der Waals surface area contributed by atoms with Gasteiger partial charge < -0.3 is 19.5 Å². The molecule has 10 nitrogen and oxygen atoms in total. The lowest BCUT2D eigenvalue weighted by molar-refractivity contribution is 0.0197. The topological polar surface area (TPSA) is 117 Å². The maximum atomic E-state index is 15.7. The van der Waals surface area contributed by atoms with Crippen molar-refractivity contribution in [1.82, 2.24) is 14.8 Å². The van der Waals surface area contributed by atoms with Gasteiger partial charge in [0.25, 0.3) is 10.0 Å². The van der Waals surface area contributed by atoms with Crippen molar-refractivity contribution >= 4 is 71.2 Å². The van der Waals surface area contributed by atoms with Gasteiger partial charge in [-0.1, -0.05) is 76.5 Å². The number of halogens is 2. The molecule has 0 aliphatic heterocycles. The molecule has 0 saturated heterocycles. The van der Waals surface area contributed by atoms with Crippen molar-refractivity contribution in [3.8, 4) is 17.0 Å². The van der Waals surface area contributed by atoms with Gasteiger partial charge in [-0.25, -0.2) is 22.5 Å². The van der Waals surface area contributed by atoms with Gasteiger partial charge in [0.2, 0.25) is 0 Å². The molecule has 0 aliphatic carbocycles.